The van der Waals surface area contributed by atoms with E-state index < -0.39 is 0 Å². The number of hydrogen-bond acceptors (Lipinski definition) is 2. The second-order valence-corrected chi connectivity index (χ2v) is 2.94. The lowest BCUT2D eigenvalue weighted by atomic mass is 10.2. The van der Waals surface area contributed by atoms with Gasteiger partial charge in [0.1, 0.15) is 0 Å². The van der Waals surface area contributed by atoms with Crippen molar-refractivity contribution in [2.45, 2.75) is 0 Å². The third kappa shape index (κ3) is 1.31. The molecule has 14 heavy (non-hydrogen) atoms. The molecule has 0 fully saturated rings. The SMILES string of the molecule is C#CCOc1nn(C)c2ccccc12. The van der Waals surface area contributed by atoms with E-state index in [-0.39, 0.29) is 6.61 Å². The highest BCUT2D eigenvalue weighted by molar-refractivity contribution is 5.84. The van der Waals surface area contributed by atoms with E-state index in [0.29, 0.717) is 5.88 Å². The van der Waals surface area contributed by atoms with Crippen molar-refractivity contribution in [1.82, 2.24) is 9.78 Å². The smallest absolute Gasteiger partial charge is 0.241 e. The van der Waals surface area contributed by atoms with Crippen LogP contribution < -0.4 is 4.74 Å². The number of fused-ring (bicyclic) bond motifs is 1. The van der Waals surface area contributed by atoms with Gasteiger partial charge in [-0.3, -0.25) is 4.68 Å². The number of aryl methyl sites for hydroxylation is 1. The first-order valence-electron chi connectivity index (χ1n) is 4.31. The molecular formula is C11H10N2O. The third-order valence-corrected chi connectivity index (χ3v) is 2.02. The van der Waals surface area contributed by atoms with Crippen LogP contribution in [0.25, 0.3) is 10.9 Å². The molecule has 3 nitrogen and oxygen atoms in total. The zero-order valence-corrected chi connectivity index (χ0v) is 7.90. The normalized spacial score (nSPS) is 10.0. The molecule has 1 aromatic heterocycles. The molecule has 0 N–H and O–H groups in total. The summed E-state index contributed by atoms with van der Waals surface area (Å²) >= 11 is 0. The van der Waals surface area contributed by atoms with E-state index >= 15 is 0 Å². The summed E-state index contributed by atoms with van der Waals surface area (Å²) in [4.78, 5) is 0. The topological polar surface area (TPSA) is 27.1 Å². The molecule has 0 spiro atoms. The summed E-state index contributed by atoms with van der Waals surface area (Å²) in [6, 6.07) is 7.88. The lowest BCUT2D eigenvalue weighted by molar-refractivity contribution is 0.354. The van der Waals surface area contributed by atoms with E-state index in [2.05, 4.69) is 11.0 Å². The van der Waals surface area contributed by atoms with Crippen LogP contribution in [0, 0.1) is 12.3 Å². The van der Waals surface area contributed by atoms with E-state index in [1.807, 2.05) is 31.3 Å². The largest absolute Gasteiger partial charge is 0.463 e. The Labute approximate surface area is 82.3 Å². The van der Waals surface area contributed by atoms with Gasteiger partial charge in [0.2, 0.25) is 5.88 Å². The molecular weight excluding hydrogens is 176 g/mol. The predicted octanol–water partition coefficient (Wildman–Crippen LogP) is 1.59. The molecule has 2 aromatic rings. The van der Waals surface area contributed by atoms with Gasteiger partial charge in [-0.05, 0) is 12.1 Å². The molecule has 1 aromatic carbocycles. The summed E-state index contributed by atoms with van der Waals surface area (Å²) < 4.78 is 7.10. The van der Waals surface area contributed by atoms with Crippen LogP contribution in [0.1, 0.15) is 0 Å². The molecule has 0 saturated carbocycles. The van der Waals surface area contributed by atoms with Crippen molar-refractivity contribution in [3.63, 3.8) is 0 Å². The molecule has 70 valence electrons. The summed E-state index contributed by atoms with van der Waals surface area (Å²) in [6.45, 7) is 0.251. The molecule has 2 rings (SSSR count). The lowest BCUT2D eigenvalue weighted by Gasteiger charge is -1.95. The minimum atomic E-state index is 0.251. The average molecular weight is 186 g/mol. The van der Waals surface area contributed by atoms with Crippen LogP contribution in [0.15, 0.2) is 24.3 Å². The van der Waals surface area contributed by atoms with Gasteiger partial charge in [-0.25, -0.2) is 0 Å². The molecule has 0 saturated heterocycles. The van der Waals surface area contributed by atoms with Crippen molar-refractivity contribution in [3.05, 3.63) is 24.3 Å². The summed E-state index contributed by atoms with van der Waals surface area (Å²) in [5.41, 5.74) is 1.04. The van der Waals surface area contributed by atoms with Crippen molar-refractivity contribution in [2.75, 3.05) is 6.61 Å². The van der Waals surface area contributed by atoms with Gasteiger partial charge < -0.3 is 4.74 Å². The van der Waals surface area contributed by atoms with Crippen LogP contribution in [-0.4, -0.2) is 16.4 Å². The molecule has 0 aliphatic heterocycles. The average Bonchev–Trinajstić information content (AvgIpc) is 2.54. The van der Waals surface area contributed by atoms with E-state index in [1.54, 1.807) is 4.68 Å². The molecule has 0 atom stereocenters. The zero-order valence-electron chi connectivity index (χ0n) is 7.90. The van der Waals surface area contributed by atoms with E-state index in [9.17, 15) is 0 Å². The van der Waals surface area contributed by atoms with Gasteiger partial charge in [0.15, 0.2) is 6.61 Å². The molecule has 0 bridgehead atoms. The van der Waals surface area contributed by atoms with Gasteiger partial charge in [-0.15, -0.1) is 11.5 Å². The van der Waals surface area contributed by atoms with Crippen molar-refractivity contribution in [3.8, 4) is 18.2 Å². The highest BCUT2D eigenvalue weighted by Gasteiger charge is 2.07. The first-order chi connectivity index (χ1) is 6.83. The number of terminal acetylenes is 1. The fraction of sp³-hybridized carbons (Fsp3) is 0.182. The number of nitrogens with zero attached hydrogens (tertiary/aromatic N) is 2. The third-order valence-electron chi connectivity index (χ3n) is 2.02. The fourth-order valence-corrected chi connectivity index (χ4v) is 1.40. The maximum absolute atomic E-state index is 5.32. The Balaban J connectivity index is 2.51. The Morgan fingerprint density at radius 1 is 1.50 bits per heavy atom. The van der Waals surface area contributed by atoms with Crippen LogP contribution in [0.5, 0.6) is 5.88 Å². The monoisotopic (exact) mass is 186 g/mol. The van der Waals surface area contributed by atoms with Gasteiger partial charge in [-0.2, -0.15) is 0 Å². The standard InChI is InChI=1S/C11H10N2O/c1-3-8-14-11-9-6-4-5-7-10(9)13(2)12-11/h1,4-7H,8H2,2H3. The summed E-state index contributed by atoms with van der Waals surface area (Å²) in [5.74, 6) is 3.02. The van der Waals surface area contributed by atoms with Crippen LogP contribution >= 0.6 is 0 Å². The van der Waals surface area contributed by atoms with Gasteiger partial charge in [0.05, 0.1) is 10.9 Å². The minimum Gasteiger partial charge on any atom is -0.463 e. The number of rotatable bonds is 2. The highest BCUT2D eigenvalue weighted by Crippen LogP contribution is 2.23. The van der Waals surface area contributed by atoms with Crippen LogP contribution in [-0.2, 0) is 7.05 Å². The molecule has 0 amide bonds. The van der Waals surface area contributed by atoms with E-state index in [1.165, 1.54) is 0 Å². The Bertz CT molecular complexity index is 493. The second-order valence-electron chi connectivity index (χ2n) is 2.94. The number of benzene rings is 1. The quantitative estimate of drug-likeness (QED) is 0.666. The Hall–Kier alpha value is -1.95. The minimum absolute atomic E-state index is 0.251. The second kappa shape index (κ2) is 3.43. The summed E-state index contributed by atoms with van der Waals surface area (Å²) in [7, 11) is 1.88. The predicted molar refractivity (Wildman–Crippen MR) is 55.0 cm³/mol. The maximum atomic E-state index is 5.32. The number of hydrogen-bond donors (Lipinski definition) is 0. The van der Waals surface area contributed by atoms with Crippen molar-refractivity contribution in [1.29, 1.82) is 0 Å². The van der Waals surface area contributed by atoms with Crippen molar-refractivity contribution in [2.24, 2.45) is 7.05 Å². The van der Waals surface area contributed by atoms with Crippen LogP contribution in [0.2, 0.25) is 0 Å². The summed E-state index contributed by atoms with van der Waals surface area (Å²) in [5, 5.41) is 5.22. The molecule has 0 aliphatic carbocycles. The molecule has 0 aliphatic rings. The fourth-order valence-electron chi connectivity index (χ4n) is 1.40. The van der Waals surface area contributed by atoms with Gasteiger partial charge in [0.25, 0.3) is 0 Å². The number of aromatic nitrogens is 2. The first-order valence-corrected chi connectivity index (χ1v) is 4.31. The Kier molecular flexibility index (Phi) is 2.11. The zero-order chi connectivity index (χ0) is 9.97. The van der Waals surface area contributed by atoms with Crippen LogP contribution in [0.4, 0.5) is 0 Å². The molecule has 0 radical (unpaired) electrons. The van der Waals surface area contributed by atoms with Gasteiger partial charge >= 0.3 is 0 Å². The first kappa shape index (κ1) is 8.64. The molecule has 3 heteroatoms. The van der Waals surface area contributed by atoms with Crippen molar-refractivity contribution < 1.29 is 4.74 Å². The van der Waals surface area contributed by atoms with Gasteiger partial charge in [0, 0.05) is 7.05 Å². The lowest BCUT2D eigenvalue weighted by Crippen LogP contribution is -1.95. The van der Waals surface area contributed by atoms with Crippen molar-refractivity contribution >= 4 is 10.9 Å². The maximum Gasteiger partial charge on any atom is 0.241 e. The van der Waals surface area contributed by atoms with Crippen LogP contribution in [0.3, 0.4) is 0 Å². The Morgan fingerprint density at radius 2 is 2.29 bits per heavy atom. The number of para-hydroxylation sites is 1. The van der Waals surface area contributed by atoms with E-state index in [4.69, 9.17) is 11.2 Å². The molecule has 0 unspecified atom stereocenters. The summed E-state index contributed by atoms with van der Waals surface area (Å²) in [6.07, 6.45) is 5.12. The van der Waals surface area contributed by atoms with E-state index in [0.717, 1.165) is 10.9 Å². The number of ether oxygens (including phenoxy) is 1. The Morgan fingerprint density at radius 3 is 3.07 bits per heavy atom. The van der Waals surface area contributed by atoms with Gasteiger partial charge in [-0.1, -0.05) is 18.1 Å². The molecule has 1 heterocycles. The highest BCUT2D eigenvalue weighted by atomic mass is 16.5.